The number of rotatable bonds is 2. The first-order chi connectivity index (χ1) is 10.1. The molecule has 2 aromatic carbocycles. The SMILES string of the molecule is Oc1ccccc1C1CC(c2cc(F)c(Cl)cc2Cl)=NO1. The molecule has 1 unspecified atom stereocenters. The summed E-state index contributed by atoms with van der Waals surface area (Å²) < 4.78 is 13.6. The number of phenols is 1. The lowest BCUT2D eigenvalue weighted by molar-refractivity contribution is 0.0838. The average Bonchev–Trinajstić information content (AvgIpc) is 2.92. The predicted molar refractivity (Wildman–Crippen MR) is 79.5 cm³/mol. The van der Waals surface area contributed by atoms with Crippen molar-refractivity contribution in [2.24, 2.45) is 5.16 Å². The Morgan fingerprint density at radius 3 is 2.71 bits per heavy atom. The van der Waals surface area contributed by atoms with Crippen molar-refractivity contribution in [3.05, 3.63) is 63.4 Å². The van der Waals surface area contributed by atoms with E-state index in [-0.39, 0.29) is 10.8 Å². The highest BCUT2D eigenvalue weighted by atomic mass is 35.5. The van der Waals surface area contributed by atoms with Crippen LogP contribution in [0.1, 0.15) is 23.7 Å². The second kappa shape index (κ2) is 5.54. The van der Waals surface area contributed by atoms with Crippen LogP contribution in [-0.2, 0) is 4.84 Å². The van der Waals surface area contributed by atoms with Crippen molar-refractivity contribution in [2.45, 2.75) is 12.5 Å². The van der Waals surface area contributed by atoms with Gasteiger partial charge >= 0.3 is 0 Å². The largest absolute Gasteiger partial charge is 0.508 e. The van der Waals surface area contributed by atoms with E-state index >= 15 is 0 Å². The molecule has 1 aliphatic heterocycles. The van der Waals surface area contributed by atoms with Crippen LogP contribution in [0.25, 0.3) is 0 Å². The lowest BCUT2D eigenvalue weighted by atomic mass is 9.99. The number of aromatic hydroxyl groups is 1. The van der Waals surface area contributed by atoms with Crippen LogP contribution in [0.3, 0.4) is 0 Å². The third kappa shape index (κ3) is 2.69. The summed E-state index contributed by atoms with van der Waals surface area (Å²) in [4.78, 5) is 5.33. The van der Waals surface area contributed by atoms with Crippen molar-refractivity contribution in [2.75, 3.05) is 0 Å². The lowest BCUT2D eigenvalue weighted by Crippen LogP contribution is -2.03. The van der Waals surface area contributed by atoms with Gasteiger partial charge in [0.15, 0.2) is 6.10 Å². The van der Waals surface area contributed by atoms with Gasteiger partial charge in [0.2, 0.25) is 0 Å². The first-order valence-corrected chi connectivity index (χ1v) is 6.97. The highest BCUT2D eigenvalue weighted by Gasteiger charge is 2.27. The monoisotopic (exact) mass is 325 g/mol. The molecule has 2 aromatic rings. The molecule has 0 spiro atoms. The summed E-state index contributed by atoms with van der Waals surface area (Å²) in [5.74, 6) is -0.433. The van der Waals surface area contributed by atoms with E-state index in [1.807, 2.05) is 0 Å². The second-order valence-corrected chi connectivity index (χ2v) is 5.46. The Kier molecular flexibility index (Phi) is 3.74. The van der Waals surface area contributed by atoms with Crippen molar-refractivity contribution in [1.29, 1.82) is 0 Å². The van der Waals surface area contributed by atoms with Crippen molar-refractivity contribution in [1.82, 2.24) is 0 Å². The van der Waals surface area contributed by atoms with Gasteiger partial charge in [-0.2, -0.15) is 0 Å². The van der Waals surface area contributed by atoms with Gasteiger partial charge in [-0.1, -0.05) is 46.6 Å². The Morgan fingerprint density at radius 1 is 1.19 bits per heavy atom. The molecule has 108 valence electrons. The lowest BCUT2D eigenvalue weighted by Gasteiger charge is -2.10. The molecule has 0 radical (unpaired) electrons. The Labute approximate surface area is 130 Å². The number of oxime groups is 1. The minimum atomic E-state index is -0.565. The molecular formula is C15H10Cl2FNO2. The van der Waals surface area contributed by atoms with Crippen molar-refractivity contribution in [3.8, 4) is 5.75 Å². The van der Waals surface area contributed by atoms with Gasteiger partial charge in [-0.05, 0) is 18.2 Å². The summed E-state index contributed by atoms with van der Waals surface area (Å²) >= 11 is 11.7. The third-order valence-corrected chi connectivity index (χ3v) is 3.88. The number of halogens is 3. The van der Waals surface area contributed by atoms with E-state index < -0.39 is 11.9 Å². The average molecular weight is 326 g/mol. The van der Waals surface area contributed by atoms with Crippen LogP contribution in [0.15, 0.2) is 41.6 Å². The first-order valence-electron chi connectivity index (χ1n) is 6.21. The van der Waals surface area contributed by atoms with E-state index in [1.54, 1.807) is 24.3 Å². The Hall–Kier alpha value is -1.78. The van der Waals surface area contributed by atoms with Crippen LogP contribution >= 0.6 is 23.2 Å². The number of benzene rings is 2. The van der Waals surface area contributed by atoms with Crippen LogP contribution in [-0.4, -0.2) is 10.8 Å². The summed E-state index contributed by atoms with van der Waals surface area (Å²) in [5, 5.41) is 14.0. The highest BCUT2D eigenvalue weighted by Crippen LogP contribution is 2.36. The summed E-state index contributed by atoms with van der Waals surface area (Å²) in [6.45, 7) is 0. The minimum absolute atomic E-state index is 0.0412. The van der Waals surface area contributed by atoms with Gasteiger partial charge in [0.05, 0.1) is 15.8 Å². The van der Waals surface area contributed by atoms with Crippen LogP contribution in [0.5, 0.6) is 5.75 Å². The first kappa shape index (κ1) is 14.2. The molecule has 0 bridgehead atoms. The van der Waals surface area contributed by atoms with Gasteiger partial charge in [-0.3, -0.25) is 0 Å². The molecule has 3 rings (SSSR count). The van der Waals surface area contributed by atoms with Gasteiger partial charge in [0, 0.05) is 17.5 Å². The molecule has 0 saturated heterocycles. The summed E-state index contributed by atoms with van der Waals surface area (Å²) in [6.07, 6.45) is -0.0331. The Bertz CT molecular complexity index is 734. The molecule has 0 aromatic heterocycles. The molecule has 6 heteroatoms. The topological polar surface area (TPSA) is 41.8 Å². The van der Waals surface area contributed by atoms with E-state index in [4.69, 9.17) is 28.0 Å². The number of hydrogen-bond donors (Lipinski definition) is 1. The molecule has 1 atom stereocenters. The summed E-state index contributed by atoms with van der Waals surface area (Å²) in [6, 6.07) is 9.42. The molecule has 1 N–H and O–H groups in total. The van der Waals surface area contributed by atoms with E-state index in [0.29, 0.717) is 28.3 Å². The molecule has 0 amide bonds. The van der Waals surface area contributed by atoms with E-state index in [9.17, 15) is 9.50 Å². The van der Waals surface area contributed by atoms with E-state index in [1.165, 1.54) is 12.1 Å². The fraction of sp³-hybridized carbons (Fsp3) is 0.133. The Balaban J connectivity index is 1.88. The number of para-hydroxylation sites is 1. The third-order valence-electron chi connectivity index (χ3n) is 3.27. The molecule has 0 aliphatic carbocycles. The molecule has 0 fully saturated rings. The van der Waals surface area contributed by atoms with Crippen LogP contribution in [0.2, 0.25) is 10.0 Å². The van der Waals surface area contributed by atoms with Gasteiger partial charge in [-0.25, -0.2) is 4.39 Å². The molecule has 0 saturated carbocycles. The number of hydrogen-bond acceptors (Lipinski definition) is 3. The summed E-state index contributed by atoms with van der Waals surface area (Å²) in [7, 11) is 0. The smallest absolute Gasteiger partial charge is 0.161 e. The van der Waals surface area contributed by atoms with Gasteiger partial charge in [0.1, 0.15) is 11.6 Å². The fourth-order valence-electron chi connectivity index (χ4n) is 2.21. The maximum absolute atomic E-state index is 13.6. The summed E-state index contributed by atoms with van der Waals surface area (Å²) in [5.41, 5.74) is 1.59. The van der Waals surface area contributed by atoms with Crippen LogP contribution in [0, 0.1) is 5.82 Å². The second-order valence-electron chi connectivity index (χ2n) is 4.64. The van der Waals surface area contributed by atoms with Crippen LogP contribution < -0.4 is 0 Å². The van der Waals surface area contributed by atoms with Crippen molar-refractivity contribution in [3.63, 3.8) is 0 Å². The quantitative estimate of drug-likeness (QED) is 0.813. The van der Waals surface area contributed by atoms with Crippen LogP contribution in [0.4, 0.5) is 4.39 Å². The zero-order valence-corrected chi connectivity index (χ0v) is 12.2. The molecular weight excluding hydrogens is 316 g/mol. The maximum atomic E-state index is 13.6. The normalized spacial score (nSPS) is 17.5. The molecule has 3 nitrogen and oxygen atoms in total. The molecule has 21 heavy (non-hydrogen) atoms. The number of phenolic OH excluding ortho intramolecular Hbond substituents is 1. The minimum Gasteiger partial charge on any atom is -0.508 e. The predicted octanol–water partition coefficient (Wildman–Crippen LogP) is 4.70. The standard InChI is InChI=1S/C15H10Cl2FNO2/c16-10-6-11(17)12(18)5-9(10)13-7-15(21-19-13)8-3-1-2-4-14(8)20/h1-6,15,20H,7H2. The van der Waals surface area contributed by atoms with Gasteiger partial charge in [-0.15, -0.1) is 0 Å². The number of nitrogens with zero attached hydrogens (tertiary/aromatic N) is 1. The maximum Gasteiger partial charge on any atom is 0.161 e. The van der Waals surface area contributed by atoms with Gasteiger partial charge < -0.3 is 9.94 Å². The Morgan fingerprint density at radius 2 is 1.95 bits per heavy atom. The van der Waals surface area contributed by atoms with Crippen molar-refractivity contribution < 1.29 is 14.3 Å². The van der Waals surface area contributed by atoms with E-state index in [2.05, 4.69) is 5.16 Å². The van der Waals surface area contributed by atoms with Crippen molar-refractivity contribution >= 4 is 28.9 Å². The molecule has 1 heterocycles. The zero-order chi connectivity index (χ0) is 15.0. The molecule has 1 aliphatic rings. The van der Waals surface area contributed by atoms with Gasteiger partial charge in [0.25, 0.3) is 0 Å². The fourth-order valence-corrected chi connectivity index (χ4v) is 2.70. The highest BCUT2D eigenvalue weighted by molar-refractivity contribution is 6.37. The van der Waals surface area contributed by atoms with E-state index in [0.717, 1.165) is 0 Å². The zero-order valence-electron chi connectivity index (χ0n) is 10.7.